The minimum Gasteiger partial charge on any atom is -0.468 e. The Morgan fingerprint density at radius 3 is 2.61 bits per heavy atom. The van der Waals surface area contributed by atoms with Gasteiger partial charge < -0.3 is 15.8 Å². The number of esters is 1. The Hall–Kier alpha value is -1.28. The lowest BCUT2D eigenvalue weighted by Crippen LogP contribution is -2.41. The molecule has 3 amide bonds. The first-order valence-corrected chi connectivity index (χ1v) is 6.65. The first-order chi connectivity index (χ1) is 8.51. The Morgan fingerprint density at radius 1 is 1.39 bits per heavy atom. The van der Waals surface area contributed by atoms with Crippen LogP contribution in [0.5, 0.6) is 0 Å². The monoisotopic (exact) mass is 277 g/mol. The second-order valence-electron chi connectivity index (χ2n) is 3.45. The lowest BCUT2D eigenvalue weighted by Gasteiger charge is -2.08. The molecule has 7 nitrogen and oxygen atoms in total. The van der Waals surface area contributed by atoms with Gasteiger partial charge in [0.25, 0.3) is 0 Å². The molecule has 0 aromatic heterocycles. The molecule has 0 radical (unpaired) electrons. The number of amides is 3. The van der Waals surface area contributed by atoms with Gasteiger partial charge in [0, 0.05) is 12.3 Å². The smallest absolute Gasteiger partial charge is 0.323 e. The van der Waals surface area contributed by atoms with Crippen molar-refractivity contribution in [3.8, 4) is 0 Å². The van der Waals surface area contributed by atoms with Crippen LogP contribution >= 0.6 is 11.8 Å². The van der Waals surface area contributed by atoms with E-state index in [0.717, 1.165) is 18.2 Å². The van der Waals surface area contributed by atoms with Crippen LogP contribution in [0.3, 0.4) is 0 Å². The normalized spacial score (nSPS) is 11.5. The van der Waals surface area contributed by atoms with Crippen molar-refractivity contribution < 1.29 is 19.1 Å². The summed E-state index contributed by atoms with van der Waals surface area (Å²) < 4.78 is 4.44. The molecule has 4 N–H and O–H groups in total. The van der Waals surface area contributed by atoms with Gasteiger partial charge in [-0.2, -0.15) is 0 Å². The van der Waals surface area contributed by atoms with Crippen LogP contribution in [-0.2, 0) is 14.3 Å². The fourth-order valence-electron chi connectivity index (χ4n) is 0.943. The zero-order chi connectivity index (χ0) is 14.0. The SMILES string of the molecule is CCCNC(=O)NC(=O)CSCC(N)C(=O)OC. The van der Waals surface area contributed by atoms with Crippen LogP contribution in [0, 0.1) is 0 Å². The van der Waals surface area contributed by atoms with E-state index in [4.69, 9.17) is 5.73 Å². The van der Waals surface area contributed by atoms with Crippen LogP contribution in [-0.4, -0.2) is 49.1 Å². The third kappa shape index (κ3) is 7.91. The highest BCUT2D eigenvalue weighted by Gasteiger charge is 2.14. The van der Waals surface area contributed by atoms with E-state index in [0.29, 0.717) is 6.54 Å². The van der Waals surface area contributed by atoms with Gasteiger partial charge >= 0.3 is 12.0 Å². The standard InChI is InChI=1S/C10H19N3O4S/c1-3-4-12-10(16)13-8(14)6-18-5-7(11)9(15)17-2/h7H,3-6,11H2,1-2H3,(H2,12,13,14,16). The van der Waals surface area contributed by atoms with Crippen molar-refractivity contribution in [3.05, 3.63) is 0 Å². The largest absolute Gasteiger partial charge is 0.468 e. The van der Waals surface area contributed by atoms with Crippen molar-refractivity contribution in [2.75, 3.05) is 25.2 Å². The lowest BCUT2D eigenvalue weighted by molar-refractivity contribution is -0.141. The van der Waals surface area contributed by atoms with Crippen LogP contribution < -0.4 is 16.4 Å². The summed E-state index contributed by atoms with van der Waals surface area (Å²) in [5.74, 6) is -0.629. The molecule has 0 spiro atoms. The number of nitrogens with one attached hydrogen (secondary N) is 2. The number of hydrogen-bond donors (Lipinski definition) is 3. The van der Waals surface area contributed by atoms with E-state index in [9.17, 15) is 14.4 Å². The molecule has 18 heavy (non-hydrogen) atoms. The molecule has 0 bridgehead atoms. The molecule has 0 fully saturated rings. The summed E-state index contributed by atoms with van der Waals surface area (Å²) in [5, 5.41) is 4.68. The zero-order valence-corrected chi connectivity index (χ0v) is 11.3. The molecule has 1 atom stereocenters. The molecule has 0 rings (SSSR count). The summed E-state index contributed by atoms with van der Waals surface area (Å²) in [6.07, 6.45) is 0.796. The molecular formula is C10H19N3O4S. The minimum absolute atomic E-state index is 0.0598. The van der Waals surface area contributed by atoms with Gasteiger partial charge in [0.2, 0.25) is 5.91 Å². The highest BCUT2D eigenvalue weighted by Crippen LogP contribution is 2.02. The molecule has 104 valence electrons. The van der Waals surface area contributed by atoms with E-state index in [2.05, 4.69) is 15.4 Å². The Labute approximate surface area is 110 Å². The molecule has 0 aliphatic rings. The number of carbonyl (C=O) groups is 3. The number of nitrogens with two attached hydrogens (primary N) is 1. The third-order valence-electron chi connectivity index (χ3n) is 1.82. The number of methoxy groups -OCH3 is 1. The molecule has 0 saturated heterocycles. The van der Waals surface area contributed by atoms with Crippen molar-refractivity contribution in [2.24, 2.45) is 5.73 Å². The second-order valence-corrected chi connectivity index (χ2v) is 4.48. The van der Waals surface area contributed by atoms with Gasteiger partial charge in [-0.05, 0) is 6.42 Å². The number of hydrogen-bond acceptors (Lipinski definition) is 6. The van der Waals surface area contributed by atoms with E-state index in [1.165, 1.54) is 7.11 Å². The van der Waals surface area contributed by atoms with Gasteiger partial charge in [-0.25, -0.2) is 4.79 Å². The predicted molar refractivity (Wildman–Crippen MR) is 69.1 cm³/mol. The van der Waals surface area contributed by atoms with E-state index in [1.54, 1.807) is 0 Å². The summed E-state index contributed by atoms with van der Waals surface area (Å²) in [6.45, 7) is 2.42. The van der Waals surface area contributed by atoms with Crippen molar-refractivity contribution in [2.45, 2.75) is 19.4 Å². The highest BCUT2D eigenvalue weighted by atomic mass is 32.2. The van der Waals surface area contributed by atoms with Gasteiger partial charge in [0.05, 0.1) is 12.9 Å². The summed E-state index contributed by atoms with van der Waals surface area (Å²) in [7, 11) is 1.25. The average molecular weight is 277 g/mol. The van der Waals surface area contributed by atoms with E-state index in [1.807, 2.05) is 6.92 Å². The van der Waals surface area contributed by atoms with Crippen LogP contribution in [0.1, 0.15) is 13.3 Å². The maximum absolute atomic E-state index is 11.3. The molecule has 0 aromatic carbocycles. The Balaban J connectivity index is 3.71. The van der Waals surface area contributed by atoms with E-state index >= 15 is 0 Å². The fraction of sp³-hybridized carbons (Fsp3) is 0.700. The summed E-state index contributed by atoms with van der Waals surface area (Å²) >= 11 is 1.16. The number of imide groups is 1. The van der Waals surface area contributed by atoms with Crippen molar-refractivity contribution in [3.63, 3.8) is 0 Å². The first-order valence-electron chi connectivity index (χ1n) is 5.50. The second kappa shape index (κ2) is 9.72. The van der Waals surface area contributed by atoms with Gasteiger partial charge in [-0.15, -0.1) is 11.8 Å². The third-order valence-corrected chi connectivity index (χ3v) is 2.88. The van der Waals surface area contributed by atoms with Gasteiger partial charge in [0.15, 0.2) is 0 Å². The van der Waals surface area contributed by atoms with E-state index in [-0.39, 0.29) is 11.5 Å². The minimum atomic E-state index is -0.762. The molecule has 0 heterocycles. The van der Waals surface area contributed by atoms with Crippen LogP contribution in [0.15, 0.2) is 0 Å². The lowest BCUT2D eigenvalue weighted by atomic mass is 10.4. The summed E-state index contributed by atoms with van der Waals surface area (Å²) in [6, 6.07) is -1.28. The predicted octanol–water partition coefficient (Wildman–Crippen LogP) is -0.544. The van der Waals surface area contributed by atoms with E-state index < -0.39 is 23.9 Å². The topological polar surface area (TPSA) is 111 Å². The van der Waals surface area contributed by atoms with Crippen LogP contribution in [0.4, 0.5) is 4.79 Å². The molecule has 0 aliphatic heterocycles. The first kappa shape index (κ1) is 16.7. The van der Waals surface area contributed by atoms with Gasteiger partial charge in [-0.3, -0.25) is 14.9 Å². The molecule has 8 heteroatoms. The Bertz CT molecular complexity index is 299. The Morgan fingerprint density at radius 2 is 2.06 bits per heavy atom. The van der Waals surface area contributed by atoms with Crippen LogP contribution in [0.2, 0.25) is 0 Å². The summed E-state index contributed by atoms with van der Waals surface area (Å²) in [4.78, 5) is 33.4. The number of ether oxygens (including phenoxy) is 1. The summed E-state index contributed by atoms with van der Waals surface area (Å²) in [5.41, 5.74) is 5.47. The van der Waals surface area contributed by atoms with Gasteiger partial charge in [0.1, 0.15) is 6.04 Å². The molecule has 1 unspecified atom stereocenters. The highest BCUT2D eigenvalue weighted by molar-refractivity contribution is 8.00. The molecule has 0 saturated carbocycles. The Kier molecular flexibility index (Phi) is 9.03. The molecule has 0 aromatic rings. The molecule has 0 aliphatic carbocycles. The van der Waals surface area contributed by atoms with Crippen molar-refractivity contribution in [1.82, 2.24) is 10.6 Å². The number of carbonyl (C=O) groups excluding carboxylic acids is 3. The fourth-order valence-corrected chi connectivity index (χ4v) is 1.71. The maximum atomic E-state index is 11.3. The molecular weight excluding hydrogens is 258 g/mol. The van der Waals surface area contributed by atoms with Crippen molar-refractivity contribution >= 4 is 29.7 Å². The van der Waals surface area contributed by atoms with Crippen LogP contribution in [0.25, 0.3) is 0 Å². The van der Waals surface area contributed by atoms with Gasteiger partial charge in [-0.1, -0.05) is 6.92 Å². The zero-order valence-electron chi connectivity index (χ0n) is 10.5. The quantitative estimate of drug-likeness (QED) is 0.539. The number of thioether (sulfide) groups is 1. The number of rotatable bonds is 7. The average Bonchev–Trinajstić information content (AvgIpc) is 2.34. The van der Waals surface area contributed by atoms with Crippen molar-refractivity contribution in [1.29, 1.82) is 0 Å². The maximum Gasteiger partial charge on any atom is 0.323 e. The number of urea groups is 1.